The summed E-state index contributed by atoms with van der Waals surface area (Å²) in [6, 6.07) is 13.7. The average molecular weight is 541 g/mol. The monoisotopic (exact) mass is 540 g/mol. The van der Waals surface area contributed by atoms with Crippen LogP contribution in [-0.2, 0) is 20.8 Å². The number of carboxylic acids is 1. The Labute approximate surface area is 222 Å². The highest BCUT2D eigenvalue weighted by atomic mass is 35.5. The fraction of sp³-hybridized carbons (Fsp3) is 0.192. The van der Waals surface area contributed by atoms with Crippen molar-refractivity contribution in [2.45, 2.75) is 31.4 Å². The molecule has 0 saturated heterocycles. The van der Waals surface area contributed by atoms with E-state index in [1.807, 2.05) is 0 Å². The molecule has 3 N–H and O–H groups in total. The molecular weight excluding hydrogens is 519 g/mol. The van der Waals surface area contributed by atoms with Crippen LogP contribution in [0.25, 0.3) is 0 Å². The van der Waals surface area contributed by atoms with Crippen LogP contribution in [0.15, 0.2) is 72.1 Å². The zero-order valence-corrected chi connectivity index (χ0v) is 21.1. The van der Waals surface area contributed by atoms with E-state index in [4.69, 9.17) is 28.0 Å². The van der Waals surface area contributed by atoms with Gasteiger partial charge in [0.25, 0.3) is 11.8 Å². The topological polar surface area (TPSA) is 130 Å². The minimum atomic E-state index is -1.35. The number of aromatic nitrogens is 1. The number of nitrogens with one attached hydrogen (secondary N) is 2. The predicted octanol–water partition coefficient (Wildman–Crippen LogP) is 4.34. The number of rotatable bonds is 8. The molecule has 2 heterocycles. The van der Waals surface area contributed by atoms with Gasteiger partial charge in [0.05, 0.1) is 21.3 Å². The smallest absolute Gasteiger partial charge is 0.326 e. The molecule has 190 valence electrons. The standard InChI is InChI=1S/C26H22Cl2N4O5/c1-26(13-21(32-37-26)16-4-3-11-29-14-16)25(36)31-20(24(34)35)12-15-7-9-17(10-8-15)30-23(33)22-18(27)5-2-6-19(22)28/h2-11,14,20H,12-13H2,1H3,(H,30,33)(H,31,36)(H,34,35)/t20-,26?/m0/s1. The molecule has 0 radical (unpaired) electrons. The van der Waals surface area contributed by atoms with Crippen LogP contribution in [0.1, 0.15) is 34.8 Å². The number of carboxylic acid groups (broad SMARTS) is 1. The average Bonchev–Trinajstić information content (AvgIpc) is 3.28. The summed E-state index contributed by atoms with van der Waals surface area (Å²) < 4.78 is 0. The van der Waals surface area contributed by atoms with Gasteiger partial charge in [0, 0.05) is 36.5 Å². The van der Waals surface area contributed by atoms with Crippen LogP contribution in [0.3, 0.4) is 0 Å². The molecule has 0 saturated carbocycles. The lowest BCUT2D eigenvalue weighted by atomic mass is 9.95. The molecule has 9 nitrogen and oxygen atoms in total. The zero-order chi connectivity index (χ0) is 26.6. The molecule has 2 aromatic carbocycles. The molecule has 2 amide bonds. The molecule has 1 aromatic heterocycles. The first-order valence-corrected chi connectivity index (χ1v) is 12.0. The third-order valence-electron chi connectivity index (χ3n) is 5.78. The van der Waals surface area contributed by atoms with Crippen LogP contribution in [0, 0.1) is 0 Å². The van der Waals surface area contributed by atoms with Crippen molar-refractivity contribution in [3.05, 3.63) is 93.7 Å². The first-order valence-electron chi connectivity index (χ1n) is 11.2. The number of halogens is 2. The summed E-state index contributed by atoms with van der Waals surface area (Å²) >= 11 is 12.2. The van der Waals surface area contributed by atoms with Gasteiger partial charge in [-0.3, -0.25) is 14.6 Å². The van der Waals surface area contributed by atoms with E-state index in [1.54, 1.807) is 73.9 Å². The molecular formula is C26H22Cl2N4O5. The van der Waals surface area contributed by atoms with Gasteiger partial charge in [0.15, 0.2) is 0 Å². The summed E-state index contributed by atoms with van der Waals surface area (Å²) in [7, 11) is 0. The molecule has 2 atom stereocenters. The highest BCUT2D eigenvalue weighted by molar-refractivity contribution is 6.40. The van der Waals surface area contributed by atoms with E-state index in [0.717, 1.165) is 5.56 Å². The second kappa shape index (κ2) is 11.0. The Kier molecular flexibility index (Phi) is 7.75. The number of aliphatic carboxylic acids is 1. The number of carbonyl (C=O) groups is 3. The van der Waals surface area contributed by atoms with Gasteiger partial charge in [-0.25, -0.2) is 4.79 Å². The molecule has 1 aliphatic rings. The van der Waals surface area contributed by atoms with Crippen LogP contribution >= 0.6 is 23.2 Å². The SMILES string of the molecule is CC1(C(=O)N[C@@H](Cc2ccc(NC(=O)c3c(Cl)cccc3Cl)cc2)C(=O)O)CC(c2cccnc2)=NO1. The Balaban J connectivity index is 1.38. The van der Waals surface area contributed by atoms with Gasteiger partial charge in [-0.1, -0.05) is 46.6 Å². The number of anilines is 1. The lowest BCUT2D eigenvalue weighted by Crippen LogP contribution is -2.51. The normalized spacial score (nSPS) is 17.3. The predicted molar refractivity (Wildman–Crippen MR) is 139 cm³/mol. The fourth-order valence-electron chi connectivity index (χ4n) is 3.73. The lowest BCUT2D eigenvalue weighted by molar-refractivity contribution is -0.148. The van der Waals surface area contributed by atoms with Crippen molar-refractivity contribution in [3.63, 3.8) is 0 Å². The summed E-state index contributed by atoms with van der Waals surface area (Å²) in [6.45, 7) is 1.55. The number of hydrogen-bond acceptors (Lipinski definition) is 6. The Morgan fingerprint density at radius 2 is 1.78 bits per heavy atom. The van der Waals surface area contributed by atoms with Crippen molar-refractivity contribution in [1.82, 2.24) is 10.3 Å². The zero-order valence-electron chi connectivity index (χ0n) is 19.6. The molecule has 1 unspecified atom stereocenters. The maximum absolute atomic E-state index is 13.0. The summed E-state index contributed by atoms with van der Waals surface area (Å²) in [6.07, 6.45) is 3.41. The van der Waals surface area contributed by atoms with E-state index < -0.39 is 29.4 Å². The van der Waals surface area contributed by atoms with Gasteiger partial charge >= 0.3 is 5.97 Å². The van der Waals surface area contributed by atoms with Crippen LogP contribution in [0.5, 0.6) is 0 Å². The van der Waals surface area contributed by atoms with E-state index in [1.165, 1.54) is 0 Å². The minimum Gasteiger partial charge on any atom is -0.480 e. The Bertz CT molecular complexity index is 1340. The second-order valence-corrected chi connectivity index (χ2v) is 9.41. The van der Waals surface area contributed by atoms with Crippen LogP contribution < -0.4 is 10.6 Å². The van der Waals surface area contributed by atoms with Crippen LogP contribution in [0.2, 0.25) is 10.0 Å². The van der Waals surface area contributed by atoms with Crippen LogP contribution in [0.4, 0.5) is 5.69 Å². The summed E-state index contributed by atoms with van der Waals surface area (Å²) in [5.74, 6) is -2.27. The molecule has 1 aliphatic heterocycles. The van der Waals surface area contributed by atoms with Gasteiger partial charge in [-0.2, -0.15) is 0 Å². The van der Waals surface area contributed by atoms with Crippen molar-refractivity contribution >= 4 is 52.4 Å². The number of carbonyl (C=O) groups excluding carboxylic acids is 2. The number of oxime groups is 1. The Hall–Kier alpha value is -3.95. The van der Waals surface area contributed by atoms with E-state index in [0.29, 0.717) is 17.0 Å². The summed E-state index contributed by atoms with van der Waals surface area (Å²) in [5, 5.41) is 19.4. The molecule has 0 fully saturated rings. The maximum Gasteiger partial charge on any atom is 0.326 e. The lowest BCUT2D eigenvalue weighted by Gasteiger charge is -2.23. The molecule has 0 spiro atoms. The molecule has 0 aliphatic carbocycles. The largest absolute Gasteiger partial charge is 0.480 e. The molecule has 4 rings (SSSR count). The first kappa shape index (κ1) is 26.1. The number of amides is 2. The van der Waals surface area contributed by atoms with Crippen molar-refractivity contribution in [3.8, 4) is 0 Å². The maximum atomic E-state index is 13.0. The fourth-order valence-corrected chi connectivity index (χ4v) is 4.30. The highest BCUT2D eigenvalue weighted by Crippen LogP contribution is 2.27. The third-order valence-corrected chi connectivity index (χ3v) is 6.41. The van der Waals surface area contributed by atoms with E-state index in [9.17, 15) is 19.5 Å². The summed E-state index contributed by atoms with van der Waals surface area (Å²) in [5.41, 5.74) is 1.17. The quantitative estimate of drug-likeness (QED) is 0.389. The number of benzene rings is 2. The molecule has 11 heteroatoms. The number of hydrogen-bond donors (Lipinski definition) is 3. The Morgan fingerprint density at radius 3 is 2.41 bits per heavy atom. The van der Waals surface area contributed by atoms with Gasteiger partial charge in [0.2, 0.25) is 5.60 Å². The highest BCUT2D eigenvalue weighted by Gasteiger charge is 2.43. The summed E-state index contributed by atoms with van der Waals surface area (Å²) in [4.78, 5) is 46.9. The van der Waals surface area contributed by atoms with Gasteiger partial charge in [-0.15, -0.1) is 0 Å². The number of nitrogens with zero attached hydrogens (tertiary/aromatic N) is 2. The van der Waals surface area contributed by atoms with Gasteiger partial charge in [0.1, 0.15) is 6.04 Å². The van der Waals surface area contributed by atoms with Gasteiger partial charge < -0.3 is 20.6 Å². The van der Waals surface area contributed by atoms with Gasteiger partial charge in [-0.05, 0) is 48.9 Å². The second-order valence-electron chi connectivity index (χ2n) is 8.59. The van der Waals surface area contributed by atoms with Crippen molar-refractivity contribution in [2.24, 2.45) is 5.16 Å². The van der Waals surface area contributed by atoms with Crippen molar-refractivity contribution in [1.29, 1.82) is 0 Å². The first-order chi connectivity index (χ1) is 17.7. The molecule has 0 bridgehead atoms. The minimum absolute atomic E-state index is 0.0119. The number of pyridine rings is 1. The van der Waals surface area contributed by atoms with E-state index in [-0.39, 0.29) is 28.5 Å². The van der Waals surface area contributed by atoms with Crippen LogP contribution in [-0.4, -0.2) is 45.2 Å². The molecule has 3 aromatic rings. The Morgan fingerprint density at radius 1 is 1.08 bits per heavy atom. The third kappa shape index (κ3) is 6.07. The van der Waals surface area contributed by atoms with Crippen molar-refractivity contribution in [2.75, 3.05) is 5.32 Å². The molecule has 37 heavy (non-hydrogen) atoms. The van der Waals surface area contributed by atoms with Crippen molar-refractivity contribution < 1.29 is 24.3 Å². The van der Waals surface area contributed by atoms with E-state index >= 15 is 0 Å². The van der Waals surface area contributed by atoms with E-state index in [2.05, 4.69) is 20.8 Å².